The lowest BCUT2D eigenvalue weighted by Crippen LogP contribution is -2.45. The van der Waals surface area contributed by atoms with Gasteiger partial charge in [0, 0.05) is 6.42 Å². The second-order valence-electron chi connectivity index (χ2n) is 22.1. The van der Waals surface area contributed by atoms with Gasteiger partial charge in [0.25, 0.3) is 0 Å². The second-order valence-corrected chi connectivity index (χ2v) is 22.1. The second kappa shape index (κ2) is 66.3. The predicted octanol–water partition coefficient (Wildman–Crippen LogP) is 22.6. The number of carbonyl (C=O) groups excluding carboxylic acids is 1. The fraction of sp³-hybridized carbons (Fsp3) is 0.736. The zero-order chi connectivity index (χ0) is 54.8. The van der Waals surface area contributed by atoms with Crippen molar-refractivity contribution in [1.82, 2.24) is 5.32 Å². The van der Waals surface area contributed by atoms with Crippen LogP contribution in [-0.2, 0) is 4.79 Å². The van der Waals surface area contributed by atoms with Crippen molar-refractivity contribution in [2.45, 2.75) is 334 Å². The van der Waals surface area contributed by atoms with Crippen molar-refractivity contribution < 1.29 is 15.0 Å². The maximum atomic E-state index is 12.5. The molecule has 1 amide bonds. The highest BCUT2D eigenvalue weighted by Gasteiger charge is 2.18. The van der Waals surface area contributed by atoms with Crippen LogP contribution in [0.25, 0.3) is 0 Å². The predicted molar refractivity (Wildman–Crippen MR) is 340 cm³/mol. The Morgan fingerprint density at radius 2 is 0.592 bits per heavy atom. The van der Waals surface area contributed by atoms with E-state index in [1.54, 1.807) is 6.08 Å². The van der Waals surface area contributed by atoms with Crippen LogP contribution in [0.4, 0.5) is 0 Å². The van der Waals surface area contributed by atoms with Crippen LogP contribution in [-0.4, -0.2) is 34.9 Å². The largest absolute Gasteiger partial charge is 0.394 e. The minimum Gasteiger partial charge on any atom is -0.394 e. The summed E-state index contributed by atoms with van der Waals surface area (Å²) in [5.41, 5.74) is 0. The topological polar surface area (TPSA) is 69.6 Å². The molecule has 0 fully saturated rings. The van der Waals surface area contributed by atoms with Crippen LogP contribution in [0.1, 0.15) is 322 Å². The molecule has 3 N–H and O–H groups in total. The maximum absolute atomic E-state index is 12.5. The number of rotatable bonds is 60. The van der Waals surface area contributed by atoms with Gasteiger partial charge >= 0.3 is 0 Å². The van der Waals surface area contributed by atoms with E-state index in [9.17, 15) is 15.0 Å². The Kier molecular flexibility index (Phi) is 63.8. The maximum Gasteiger partial charge on any atom is 0.220 e. The SMILES string of the molecule is CC/C=C\C/C=C\C/C=C\C/C=C\C/C=C\C/C=C\C/C=C\CCCCCCCCCCCCCCCCCCCC(=O)NC(CO)C(O)/C=C/CC/C=C/CCCCCCCCCCCCCCCCCCCCC. The molecule has 0 spiro atoms. The first-order valence-electron chi connectivity index (χ1n) is 33.1. The van der Waals surface area contributed by atoms with E-state index in [2.05, 4.69) is 116 Å². The Hall–Kier alpha value is -2.95. The van der Waals surface area contributed by atoms with Gasteiger partial charge < -0.3 is 15.5 Å². The van der Waals surface area contributed by atoms with Crippen LogP contribution in [0.3, 0.4) is 0 Å². The van der Waals surface area contributed by atoms with Crippen molar-refractivity contribution >= 4 is 5.91 Å². The molecule has 0 bridgehead atoms. The van der Waals surface area contributed by atoms with Crippen molar-refractivity contribution in [3.63, 3.8) is 0 Å². The quantitative estimate of drug-likeness (QED) is 0.0420. The molecule has 4 heteroatoms. The highest BCUT2D eigenvalue weighted by Crippen LogP contribution is 2.17. The fourth-order valence-electron chi connectivity index (χ4n) is 9.77. The summed E-state index contributed by atoms with van der Waals surface area (Å²) in [5, 5.41) is 23.2. The molecule has 0 aliphatic rings. The van der Waals surface area contributed by atoms with E-state index < -0.39 is 12.1 Å². The van der Waals surface area contributed by atoms with Crippen molar-refractivity contribution in [2.24, 2.45) is 0 Å². The zero-order valence-corrected chi connectivity index (χ0v) is 50.5. The molecule has 0 aliphatic heterocycles. The minimum absolute atomic E-state index is 0.0726. The van der Waals surface area contributed by atoms with Gasteiger partial charge in [0.1, 0.15) is 0 Å². The lowest BCUT2D eigenvalue weighted by molar-refractivity contribution is -0.123. The number of allylic oxidation sites excluding steroid dienone is 17. The average Bonchev–Trinajstić information content (AvgIpc) is 3.42. The van der Waals surface area contributed by atoms with Crippen molar-refractivity contribution in [2.75, 3.05) is 6.61 Å². The Balaban J connectivity index is 3.52. The molecule has 0 heterocycles. The highest BCUT2D eigenvalue weighted by atomic mass is 16.3. The molecule has 76 heavy (non-hydrogen) atoms. The first kappa shape index (κ1) is 73.0. The van der Waals surface area contributed by atoms with E-state index in [-0.39, 0.29) is 12.5 Å². The van der Waals surface area contributed by atoms with Crippen LogP contribution < -0.4 is 5.32 Å². The molecule has 0 aromatic rings. The van der Waals surface area contributed by atoms with Gasteiger partial charge in [-0.3, -0.25) is 4.79 Å². The zero-order valence-electron chi connectivity index (χ0n) is 50.5. The Morgan fingerprint density at radius 1 is 0.329 bits per heavy atom. The number of nitrogens with one attached hydrogen (secondary N) is 1. The molecular formula is C72H127NO3. The van der Waals surface area contributed by atoms with E-state index >= 15 is 0 Å². The number of aliphatic hydroxyl groups is 2. The molecule has 4 nitrogen and oxygen atoms in total. The van der Waals surface area contributed by atoms with Gasteiger partial charge in [-0.15, -0.1) is 0 Å². The van der Waals surface area contributed by atoms with E-state index in [4.69, 9.17) is 0 Å². The van der Waals surface area contributed by atoms with Crippen molar-refractivity contribution in [1.29, 1.82) is 0 Å². The molecular weight excluding hydrogens is 927 g/mol. The number of hydrogen-bond acceptors (Lipinski definition) is 3. The summed E-state index contributed by atoms with van der Waals surface area (Å²) in [6.45, 7) is 4.21. The number of amides is 1. The molecule has 438 valence electrons. The van der Waals surface area contributed by atoms with Crippen molar-refractivity contribution in [3.8, 4) is 0 Å². The van der Waals surface area contributed by atoms with Gasteiger partial charge in [-0.1, -0.05) is 335 Å². The summed E-state index contributed by atoms with van der Waals surface area (Å²) in [7, 11) is 0. The number of aliphatic hydroxyl groups excluding tert-OH is 2. The summed E-state index contributed by atoms with van der Waals surface area (Å²) in [5.74, 6) is -0.0726. The third-order valence-electron chi connectivity index (χ3n) is 14.7. The lowest BCUT2D eigenvalue weighted by atomic mass is 10.0. The van der Waals surface area contributed by atoms with Crippen LogP contribution in [0, 0.1) is 0 Å². The first-order valence-corrected chi connectivity index (χ1v) is 33.1. The van der Waals surface area contributed by atoms with Gasteiger partial charge in [-0.25, -0.2) is 0 Å². The van der Waals surface area contributed by atoms with Gasteiger partial charge in [0.05, 0.1) is 18.8 Å². The molecule has 2 unspecified atom stereocenters. The molecule has 2 atom stereocenters. The Labute approximate surface area is 474 Å². The molecule has 0 aliphatic carbocycles. The summed E-state index contributed by atoms with van der Waals surface area (Å²) in [4.78, 5) is 12.5. The lowest BCUT2D eigenvalue weighted by Gasteiger charge is -2.19. The molecule has 0 rings (SSSR count). The monoisotopic (exact) mass is 1050 g/mol. The van der Waals surface area contributed by atoms with Crippen LogP contribution in [0.5, 0.6) is 0 Å². The Bertz CT molecular complexity index is 1430. The summed E-state index contributed by atoms with van der Waals surface area (Å²) >= 11 is 0. The number of unbranched alkanes of at least 4 members (excludes halogenated alkanes) is 37. The normalized spacial score (nSPS) is 13.5. The van der Waals surface area contributed by atoms with Gasteiger partial charge in [0.15, 0.2) is 0 Å². The van der Waals surface area contributed by atoms with Gasteiger partial charge in [0.2, 0.25) is 5.91 Å². The van der Waals surface area contributed by atoms with Crippen molar-refractivity contribution in [3.05, 3.63) is 109 Å². The van der Waals surface area contributed by atoms with E-state index in [1.807, 2.05) is 6.08 Å². The summed E-state index contributed by atoms with van der Waals surface area (Å²) in [6, 6.07) is -0.645. The number of hydrogen-bond donors (Lipinski definition) is 3. The first-order chi connectivity index (χ1) is 37.7. The van der Waals surface area contributed by atoms with E-state index in [0.29, 0.717) is 6.42 Å². The fourth-order valence-corrected chi connectivity index (χ4v) is 9.77. The molecule has 0 aromatic heterocycles. The number of carbonyl (C=O) groups is 1. The van der Waals surface area contributed by atoms with E-state index in [1.165, 1.54) is 225 Å². The molecule has 0 radical (unpaired) electrons. The summed E-state index contributed by atoms with van der Waals surface area (Å²) < 4.78 is 0. The third kappa shape index (κ3) is 61.9. The minimum atomic E-state index is -0.868. The van der Waals surface area contributed by atoms with Crippen LogP contribution in [0.2, 0.25) is 0 Å². The van der Waals surface area contributed by atoms with Gasteiger partial charge in [-0.2, -0.15) is 0 Å². The van der Waals surface area contributed by atoms with Gasteiger partial charge in [-0.05, 0) is 89.9 Å². The standard InChI is InChI=1S/C72H127NO3/c1-3-5-7-9-11-13-15-17-19-21-23-25-27-29-30-31-32-33-34-35-36-37-38-39-40-41-42-44-46-48-50-52-54-56-58-60-62-64-66-68-72(76)73-70(69-74)71(75)67-65-63-61-59-57-55-53-51-49-47-45-43-28-26-24-22-20-18-16-14-12-10-8-6-4-2/h5,7,11,13,17,19,23,25,29-30,32-33,35-36,57,59,65,67,70-71,74-75H,3-4,6,8-10,12,14-16,18,20-22,24,26-28,31,34,37-56,58,60-64,66,68-69H2,1-2H3,(H,73,76)/b7-5-,13-11-,19-17-,25-23-,30-29-,33-32-,36-35-,59-57+,67-65+. The van der Waals surface area contributed by atoms with E-state index in [0.717, 1.165) is 77.0 Å². The van der Waals surface area contributed by atoms with Crippen LogP contribution >= 0.6 is 0 Å². The highest BCUT2D eigenvalue weighted by molar-refractivity contribution is 5.76. The smallest absolute Gasteiger partial charge is 0.220 e. The molecule has 0 aromatic carbocycles. The summed E-state index contributed by atoms with van der Waals surface area (Å²) in [6.07, 6.45) is 100. The molecule has 0 saturated heterocycles. The average molecular weight is 1050 g/mol. The molecule has 0 saturated carbocycles. The Morgan fingerprint density at radius 3 is 0.921 bits per heavy atom. The third-order valence-corrected chi connectivity index (χ3v) is 14.7. The van der Waals surface area contributed by atoms with Crippen LogP contribution in [0.15, 0.2) is 109 Å².